The van der Waals surface area contributed by atoms with Crippen LogP contribution in [-0.2, 0) is 6.54 Å². The van der Waals surface area contributed by atoms with Crippen molar-refractivity contribution in [2.75, 3.05) is 12.9 Å². The van der Waals surface area contributed by atoms with Gasteiger partial charge in [0.05, 0.1) is 0 Å². The van der Waals surface area contributed by atoms with Gasteiger partial charge >= 0.3 is 0 Å². The lowest BCUT2D eigenvalue weighted by molar-refractivity contribution is 0.389. The highest BCUT2D eigenvalue weighted by atomic mass is 32.1. The van der Waals surface area contributed by atoms with Crippen LogP contribution in [0, 0.1) is 0 Å². The molecule has 74 valence electrons. The van der Waals surface area contributed by atoms with Crippen molar-refractivity contribution in [3.63, 3.8) is 0 Å². The number of thiol groups is 1. The molecule has 0 aliphatic carbocycles. The van der Waals surface area contributed by atoms with Gasteiger partial charge in [0.15, 0.2) is 0 Å². The number of rotatable bonds is 3. The molecule has 1 aromatic heterocycles. The number of hydrogen-bond donors (Lipinski definition) is 2. The summed E-state index contributed by atoms with van der Waals surface area (Å²) in [7, 11) is 2.06. The standard InChI is InChI=1S/C11H14N2S/c1-13(8-14)7-9-6-12-11-5-3-2-4-10(9)11/h2-6,12,14H,7-8H2,1H3. The van der Waals surface area contributed by atoms with E-state index < -0.39 is 0 Å². The van der Waals surface area contributed by atoms with E-state index in [9.17, 15) is 0 Å². The maximum absolute atomic E-state index is 4.24. The monoisotopic (exact) mass is 206 g/mol. The Kier molecular flexibility index (Phi) is 2.79. The molecule has 1 aromatic carbocycles. The van der Waals surface area contributed by atoms with Crippen molar-refractivity contribution in [1.29, 1.82) is 0 Å². The first-order valence-electron chi connectivity index (χ1n) is 4.65. The molecule has 0 atom stereocenters. The minimum absolute atomic E-state index is 0.777. The Hall–Kier alpha value is -0.930. The van der Waals surface area contributed by atoms with Crippen LogP contribution in [0.15, 0.2) is 30.5 Å². The zero-order valence-corrected chi connectivity index (χ0v) is 9.09. The normalized spacial score (nSPS) is 11.4. The van der Waals surface area contributed by atoms with Gasteiger partial charge in [-0.05, 0) is 18.7 Å². The van der Waals surface area contributed by atoms with E-state index in [2.05, 4.69) is 54.0 Å². The lowest BCUT2D eigenvalue weighted by Crippen LogP contribution is -2.14. The van der Waals surface area contributed by atoms with Crippen LogP contribution in [-0.4, -0.2) is 22.8 Å². The number of nitrogens with zero attached hydrogens (tertiary/aromatic N) is 1. The fourth-order valence-electron chi connectivity index (χ4n) is 1.60. The molecule has 0 saturated heterocycles. The van der Waals surface area contributed by atoms with Gasteiger partial charge in [-0.25, -0.2) is 0 Å². The molecule has 0 aliphatic rings. The van der Waals surface area contributed by atoms with E-state index in [1.165, 1.54) is 16.5 Å². The zero-order valence-electron chi connectivity index (χ0n) is 8.20. The molecule has 0 amide bonds. The predicted molar refractivity (Wildman–Crippen MR) is 63.6 cm³/mol. The Morgan fingerprint density at radius 1 is 1.36 bits per heavy atom. The van der Waals surface area contributed by atoms with Crippen molar-refractivity contribution in [3.05, 3.63) is 36.0 Å². The Labute approximate surface area is 89.3 Å². The maximum atomic E-state index is 4.24. The van der Waals surface area contributed by atoms with Crippen molar-refractivity contribution >= 4 is 23.5 Å². The molecule has 0 unspecified atom stereocenters. The van der Waals surface area contributed by atoms with Crippen LogP contribution in [0.4, 0.5) is 0 Å². The van der Waals surface area contributed by atoms with E-state index in [1.54, 1.807) is 0 Å². The molecular formula is C11H14N2S. The van der Waals surface area contributed by atoms with Crippen LogP contribution in [0.2, 0.25) is 0 Å². The van der Waals surface area contributed by atoms with Crippen LogP contribution in [0.5, 0.6) is 0 Å². The fraction of sp³-hybridized carbons (Fsp3) is 0.273. The first-order valence-corrected chi connectivity index (χ1v) is 5.29. The predicted octanol–water partition coefficient (Wildman–Crippen LogP) is 2.49. The van der Waals surface area contributed by atoms with Crippen molar-refractivity contribution < 1.29 is 0 Å². The topological polar surface area (TPSA) is 19.0 Å². The summed E-state index contributed by atoms with van der Waals surface area (Å²) in [5, 5.41) is 1.31. The quantitative estimate of drug-likeness (QED) is 0.583. The maximum Gasteiger partial charge on any atom is 0.0457 e. The van der Waals surface area contributed by atoms with Crippen molar-refractivity contribution in [2.45, 2.75) is 6.54 Å². The average molecular weight is 206 g/mol. The van der Waals surface area contributed by atoms with Crippen molar-refractivity contribution in [1.82, 2.24) is 9.88 Å². The SMILES string of the molecule is CN(CS)Cc1c[nH]c2ccccc12. The van der Waals surface area contributed by atoms with Gasteiger partial charge < -0.3 is 4.98 Å². The smallest absolute Gasteiger partial charge is 0.0457 e. The molecule has 0 fully saturated rings. The molecule has 3 heteroatoms. The van der Waals surface area contributed by atoms with Crippen molar-refractivity contribution in [3.8, 4) is 0 Å². The summed E-state index contributed by atoms with van der Waals surface area (Å²) in [6.45, 7) is 0.938. The molecule has 2 nitrogen and oxygen atoms in total. The van der Waals surface area contributed by atoms with E-state index in [-0.39, 0.29) is 0 Å². The van der Waals surface area contributed by atoms with Gasteiger partial charge in [0.25, 0.3) is 0 Å². The molecule has 1 heterocycles. The van der Waals surface area contributed by atoms with E-state index >= 15 is 0 Å². The number of fused-ring (bicyclic) bond motifs is 1. The summed E-state index contributed by atoms with van der Waals surface area (Å²) < 4.78 is 0. The van der Waals surface area contributed by atoms with Crippen LogP contribution >= 0.6 is 12.6 Å². The van der Waals surface area contributed by atoms with Gasteiger partial charge in [-0.3, -0.25) is 4.90 Å². The van der Waals surface area contributed by atoms with E-state index in [0.717, 1.165) is 12.4 Å². The highest BCUT2D eigenvalue weighted by Gasteiger charge is 2.04. The highest BCUT2D eigenvalue weighted by molar-refractivity contribution is 7.80. The lowest BCUT2D eigenvalue weighted by atomic mass is 10.2. The third-order valence-electron chi connectivity index (χ3n) is 2.36. The van der Waals surface area contributed by atoms with Gasteiger partial charge in [0, 0.05) is 29.5 Å². The highest BCUT2D eigenvalue weighted by Crippen LogP contribution is 2.18. The summed E-state index contributed by atoms with van der Waals surface area (Å²) in [5.74, 6) is 0.777. The largest absolute Gasteiger partial charge is 0.361 e. The fourth-order valence-corrected chi connectivity index (χ4v) is 1.70. The molecule has 0 saturated carbocycles. The minimum atomic E-state index is 0.777. The molecule has 14 heavy (non-hydrogen) atoms. The molecule has 0 spiro atoms. The number of benzene rings is 1. The third kappa shape index (κ3) is 1.79. The van der Waals surface area contributed by atoms with Crippen molar-refractivity contribution in [2.24, 2.45) is 0 Å². The molecule has 2 rings (SSSR count). The zero-order chi connectivity index (χ0) is 9.97. The Balaban J connectivity index is 2.33. The number of nitrogens with one attached hydrogen (secondary N) is 1. The number of aromatic amines is 1. The number of para-hydroxylation sites is 1. The number of hydrogen-bond acceptors (Lipinski definition) is 2. The Morgan fingerprint density at radius 2 is 2.14 bits per heavy atom. The minimum Gasteiger partial charge on any atom is -0.361 e. The summed E-state index contributed by atoms with van der Waals surface area (Å²) in [6, 6.07) is 8.36. The molecule has 0 bridgehead atoms. The summed E-state index contributed by atoms with van der Waals surface area (Å²) in [4.78, 5) is 5.43. The van der Waals surface area contributed by atoms with Gasteiger partial charge in [-0.15, -0.1) is 0 Å². The summed E-state index contributed by atoms with van der Waals surface area (Å²) in [5.41, 5.74) is 2.53. The molecule has 1 N–H and O–H groups in total. The second kappa shape index (κ2) is 4.07. The van der Waals surface area contributed by atoms with Crippen LogP contribution < -0.4 is 0 Å². The van der Waals surface area contributed by atoms with E-state index in [1.807, 2.05) is 6.07 Å². The number of H-pyrrole nitrogens is 1. The Bertz CT molecular complexity index is 422. The van der Waals surface area contributed by atoms with E-state index in [4.69, 9.17) is 0 Å². The Morgan fingerprint density at radius 3 is 2.93 bits per heavy atom. The van der Waals surface area contributed by atoms with Crippen LogP contribution in [0.25, 0.3) is 10.9 Å². The lowest BCUT2D eigenvalue weighted by Gasteiger charge is -2.11. The van der Waals surface area contributed by atoms with Crippen LogP contribution in [0.1, 0.15) is 5.56 Å². The van der Waals surface area contributed by atoms with E-state index in [0.29, 0.717) is 0 Å². The number of aromatic nitrogens is 1. The molecule has 0 radical (unpaired) electrons. The summed E-state index contributed by atoms with van der Waals surface area (Å²) >= 11 is 4.24. The third-order valence-corrected chi connectivity index (χ3v) is 2.84. The van der Waals surface area contributed by atoms with Crippen LogP contribution in [0.3, 0.4) is 0 Å². The van der Waals surface area contributed by atoms with Gasteiger partial charge in [0.1, 0.15) is 0 Å². The molecule has 0 aliphatic heterocycles. The first-order chi connectivity index (χ1) is 6.81. The van der Waals surface area contributed by atoms with Gasteiger partial charge in [0.2, 0.25) is 0 Å². The average Bonchev–Trinajstić information content (AvgIpc) is 2.62. The van der Waals surface area contributed by atoms with Gasteiger partial charge in [-0.2, -0.15) is 12.6 Å². The molecular weight excluding hydrogens is 192 g/mol. The summed E-state index contributed by atoms with van der Waals surface area (Å²) in [6.07, 6.45) is 2.07. The van der Waals surface area contributed by atoms with Gasteiger partial charge in [-0.1, -0.05) is 18.2 Å². The second-order valence-electron chi connectivity index (χ2n) is 3.52. The molecule has 2 aromatic rings. The second-order valence-corrected chi connectivity index (χ2v) is 3.80. The first kappa shape index (κ1) is 9.62.